The lowest BCUT2D eigenvalue weighted by Crippen LogP contribution is -2.26. The molecule has 0 spiro atoms. The third-order valence-electron chi connectivity index (χ3n) is 2.81. The third kappa shape index (κ3) is 6.62. The normalized spacial score (nSPS) is 14.3. The monoisotopic (exact) mass is 307 g/mol. The lowest BCUT2D eigenvalue weighted by atomic mass is 9.90. The molecule has 0 amide bonds. The third-order valence-corrected chi connectivity index (χ3v) is 3.12. The Kier molecular flexibility index (Phi) is 5.90. The van der Waals surface area contributed by atoms with Crippen LogP contribution in [0.2, 0.25) is 0 Å². The van der Waals surface area contributed by atoms with Crippen molar-refractivity contribution in [1.29, 1.82) is 0 Å². The molecule has 0 aliphatic rings. The lowest BCUT2D eigenvalue weighted by Gasteiger charge is -2.22. The zero-order chi connectivity index (χ0) is 15.4. The molecule has 114 valence electrons. The van der Waals surface area contributed by atoms with Crippen LogP contribution >= 0.6 is 11.6 Å². The number of rotatable bonds is 5. The lowest BCUT2D eigenvalue weighted by molar-refractivity contribution is -0.137. The minimum Gasteiger partial charge on any atom is -0.311 e. The van der Waals surface area contributed by atoms with Crippen molar-refractivity contribution in [2.75, 3.05) is 6.54 Å². The van der Waals surface area contributed by atoms with Crippen LogP contribution in [0.25, 0.3) is 0 Å². The second-order valence-corrected chi connectivity index (χ2v) is 6.80. The maximum atomic E-state index is 12.4. The minimum atomic E-state index is -4.28. The predicted octanol–water partition coefficient (Wildman–Crippen LogP) is 4.84. The summed E-state index contributed by atoms with van der Waals surface area (Å²) in [6, 6.07) is 5.18. The highest BCUT2D eigenvalue weighted by atomic mass is 35.5. The van der Waals surface area contributed by atoms with Gasteiger partial charge in [-0.3, -0.25) is 0 Å². The molecule has 1 unspecified atom stereocenters. The molecule has 0 heterocycles. The summed E-state index contributed by atoms with van der Waals surface area (Å²) >= 11 is 6.21. The van der Waals surface area contributed by atoms with Crippen LogP contribution in [0.15, 0.2) is 24.3 Å². The molecular weight excluding hydrogens is 287 g/mol. The van der Waals surface area contributed by atoms with Crippen molar-refractivity contribution < 1.29 is 13.2 Å². The highest BCUT2D eigenvalue weighted by molar-refractivity contribution is 6.20. The minimum absolute atomic E-state index is 0.0180. The average Bonchev–Trinajstić information content (AvgIpc) is 2.26. The number of benzene rings is 1. The number of hydrogen-bond donors (Lipinski definition) is 1. The Labute approximate surface area is 123 Å². The molecule has 5 heteroatoms. The summed E-state index contributed by atoms with van der Waals surface area (Å²) in [6.07, 6.45) is -3.39. The smallest absolute Gasteiger partial charge is 0.311 e. The van der Waals surface area contributed by atoms with Gasteiger partial charge in [0, 0.05) is 18.5 Å². The van der Waals surface area contributed by atoms with Gasteiger partial charge in [0.05, 0.1) is 5.56 Å². The van der Waals surface area contributed by atoms with E-state index >= 15 is 0 Å². The second-order valence-electron chi connectivity index (χ2n) is 6.19. The molecule has 1 atom stereocenters. The maximum Gasteiger partial charge on any atom is 0.416 e. The summed E-state index contributed by atoms with van der Waals surface area (Å²) in [5, 5.41) is 3.19. The van der Waals surface area contributed by atoms with Gasteiger partial charge in [-0.2, -0.15) is 13.2 Å². The number of nitrogens with one attached hydrogen (secondary N) is 1. The number of alkyl halides is 4. The van der Waals surface area contributed by atoms with Crippen LogP contribution in [0, 0.1) is 5.41 Å². The van der Waals surface area contributed by atoms with Crippen LogP contribution in [0.4, 0.5) is 13.2 Å². The molecule has 0 bridgehead atoms. The van der Waals surface area contributed by atoms with Crippen molar-refractivity contribution in [3.63, 3.8) is 0 Å². The zero-order valence-electron chi connectivity index (χ0n) is 12.0. The van der Waals surface area contributed by atoms with Gasteiger partial charge in [-0.1, -0.05) is 32.9 Å². The molecule has 20 heavy (non-hydrogen) atoms. The SMILES string of the molecule is CC(C)(C)CC(Cl)CNCc1ccc(C(F)(F)F)cc1. The van der Waals surface area contributed by atoms with Gasteiger partial charge in [0.25, 0.3) is 0 Å². The topological polar surface area (TPSA) is 12.0 Å². The summed E-state index contributed by atoms with van der Waals surface area (Å²) < 4.78 is 37.2. The fourth-order valence-electron chi connectivity index (χ4n) is 1.92. The highest BCUT2D eigenvalue weighted by Gasteiger charge is 2.29. The summed E-state index contributed by atoms with van der Waals surface area (Å²) in [6.45, 7) is 7.53. The molecule has 1 N–H and O–H groups in total. The van der Waals surface area contributed by atoms with E-state index in [0.717, 1.165) is 24.1 Å². The van der Waals surface area contributed by atoms with E-state index in [9.17, 15) is 13.2 Å². The Balaban J connectivity index is 2.39. The van der Waals surface area contributed by atoms with Crippen LogP contribution in [0.5, 0.6) is 0 Å². The Morgan fingerprint density at radius 1 is 1.10 bits per heavy atom. The molecule has 1 nitrogen and oxygen atoms in total. The fraction of sp³-hybridized carbons (Fsp3) is 0.600. The van der Waals surface area contributed by atoms with Gasteiger partial charge >= 0.3 is 6.18 Å². The van der Waals surface area contributed by atoms with Crippen molar-refractivity contribution in [1.82, 2.24) is 5.32 Å². The molecule has 0 fully saturated rings. The van der Waals surface area contributed by atoms with E-state index in [1.54, 1.807) is 0 Å². The zero-order valence-corrected chi connectivity index (χ0v) is 12.8. The van der Waals surface area contributed by atoms with Crippen LogP contribution in [-0.4, -0.2) is 11.9 Å². The fourth-order valence-corrected chi connectivity index (χ4v) is 2.49. The quantitative estimate of drug-likeness (QED) is 0.768. The predicted molar refractivity (Wildman–Crippen MR) is 76.9 cm³/mol. The van der Waals surface area contributed by atoms with E-state index in [-0.39, 0.29) is 10.8 Å². The molecule has 1 rings (SSSR count). The molecular formula is C15H21ClF3N. The molecule has 1 aromatic carbocycles. The Morgan fingerprint density at radius 3 is 2.10 bits per heavy atom. The molecule has 1 aromatic rings. The summed E-state index contributed by atoms with van der Waals surface area (Å²) in [5.41, 5.74) is 0.365. The van der Waals surface area contributed by atoms with E-state index in [1.807, 2.05) is 0 Å². The van der Waals surface area contributed by atoms with Crippen LogP contribution in [0.3, 0.4) is 0 Å². The van der Waals surface area contributed by atoms with Crippen LogP contribution in [0.1, 0.15) is 38.3 Å². The maximum absolute atomic E-state index is 12.4. The van der Waals surface area contributed by atoms with Crippen molar-refractivity contribution in [2.45, 2.75) is 45.3 Å². The molecule has 0 radical (unpaired) electrons. The van der Waals surface area contributed by atoms with Gasteiger partial charge in [0.1, 0.15) is 0 Å². The number of halogens is 4. The van der Waals surface area contributed by atoms with Gasteiger partial charge in [0.2, 0.25) is 0 Å². The van der Waals surface area contributed by atoms with E-state index in [4.69, 9.17) is 11.6 Å². The molecule has 0 saturated carbocycles. The Morgan fingerprint density at radius 2 is 1.65 bits per heavy atom. The first-order chi connectivity index (χ1) is 9.08. The van der Waals surface area contributed by atoms with Gasteiger partial charge in [-0.15, -0.1) is 11.6 Å². The summed E-state index contributed by atoms with van der Waals surface area (Å²) in [4.78, 5) is 0. The molecule has 0 saturated heterocycles. The molecule has 0 aliphatic carbocycles. The molecule has 0 aliphatic heterocycles. The first-order valence-corrected chi connectivity index (χ1v) is 7.02. The van der Waals surface area contributed by atoms with Crippen LogP contribution < -0.4 is 5.32 Å². The summed E-state index contributed by atoms with van der Waals surface area (Å²) in [7, 11) is 0. The van der Waals surface area contributed by atoms with Gasteiger partial charge < -0.3 is 5.32 Å². The van der Waals surface area contributed by atoms with Gasteiger partial charge in [-0.25, -0.2) is 0 Å². The first kappa shape index (κ1) is 17.3. The van der Waals surface area contributed by atoms with E-state index in [1.165, 1.54) is 12.1 Å². The average molecular weight is 308 g/mol. The highest BCUT2D eigenvalue weighted by Crippen LogP contribution is 2.29. The van der Waals surface area contributed by atoms with Gasteiger partial charge in [0.15, 0.2) is 0 Å². The molecule has 0 aromatic heterocycles. The second kappa shape index (κ2) is 6.81. The van der Waals surface area contributed by atoms with Crippen molar-refractivity contribution in [2.24, 2.45) is 5.41 Å². The first-order valence-electron chi connectivity index (χ1n) is 6.59. The largest absolute Gasteiger partial charge is 0.416 e. The van der Waals surface area contributed by atoms with Gasteiger partial charge in [-0.05, 0) is 29.5 Å². The summed E-state index contributed by atoms with van der Waals surface area (Å²) in [5.74, 6) is 0. The number of hydrogen-bond acceptors (Lipinski definition) is 1. The van der Waals surface area contributed by atoms with E-state index in [2.05, 4.69) is 26.1 Å². The van der Waals surface area contributed by atoms with Crippen molar-refractivity contribution in [3.8, 4) is 0 Å². The Hall–Kier alpha value is -0.740. The van der Waals surface area contributed by atoms with Crippen molar-refractivity contribution in [3.05, 3.63) is 35.4 Å². The standard InChI is InChI=1S/C15H21ClF3N/c1-14(2,3)8-13(16)10-20-9-11-4-6-12(7-5-11)15(17,18)19/h4-7,13,20H,8-10H2,1-3H3. The van der Waals surface area contributed by atoms with Crippen LogP contribution in [-0.2, 0) is 12.7 Å². The van der Waals surface area contributed by atoms with E-state index < -0.39 is 11.7 Å². The van der Waals surface area contributed by atoms with Crippen molar-refractivity contribution >= 4 is 11.6 Å². The van der Waals surface area contributed by atoms with E-state index in [0.29, 0.717) is 13.1 Å². The Bertz CT molecular complexity index is 407.